The van der Waals surface area contributed by atoms with E-state index in [-0.39, 0.29) is 0 Å². The molecule has 2 N–H and O–H groups in total. The topological polar surface area (TPSA) is 37.0 Å². The van der Waals surface area contributed by atoms with Gasteiger partial charge in [-0.05, 0) is 44.9 Å². The predicted molar refractivity (Wildman–Crippen MR) is 67.5 cm³/mol. The minimum Gasteiger partial charge on any atom is -0.381 e. The van der Waals surface area contributed by atoms with Crippen LogP contribution in [-0.4, -0.2) is 23.6 Å². The monoisotopic (exact) mass is 237 g/mol. The Morgan fingerprint density at radius 1 is 1.53 bits per heavy atom. The number of piperidine rings is 1. The molecule has 0 spiro atoms. The number of aromatic nitrogens is 1. The van der Waals surface area contributed by atoms with Crippen molar-refractivity contribution in [3.05, 3.63) is 24.3 Å². The first kappa shape index (κ1) is 12.3. The molecule has 0 aliphatic carbocycles. The Morgan fingerprint density at radius 2 is 2.41 bits per heavy atom. The van der Waals surface area contributed by atoms with Gasteiger partial charge in [0.05, 0.1) is 11.9 Å². The Labute approximate surface area is 102 Å². The van der Waals surface area contributed by atoms with E-state index in [0.29, 0.717) is 12.1 Å². The summed E-state index contributed by atoms with van der Waals surface area (Å²) >= 11 is 0. The third-order valence-electron chi connectivity index (χ3n) is 3.19. The molecule has 2 heterocycles. The quantitative estimate of drug-likeness (QED) is 0.790. The number of hydrogen-bond acceptors (Lipinski definition) is 3. The Bertz CT molecular complexity index is 333. The molecular weight excluding hydrogens is 217 g/mol. The highest BCUT2D eigenvalue weighted by molar-refractivity contribution is 5.40. The average Bonchev–Trinajstić information content (AvgIpc) is 2.33. The molecule has 1 aromatic heterocycles. The summed E-state index contributed by atoms with van der Waals surface area (Å²) in [5.41, 5.74) is 0.884. The lowest BCUT2D eigenvalue weighted by molar-refractivity contribution is 0.371. The van der Waals surface area contributed by atoms with Crippen LogP contribution in [0.5, 0.6) is 0 Å². The summed E-state index contributed by atoms with van der Waals surface area (Å²) in [6.45, 7) is 3.29. The van der Waals surface area contributed by atoms with Crippen molar-refractivity contribution >= 4 is 5.69 Å². The number of hydrogen-bond donors (Lipinski definition) is 2. The molecule has 0 bridgehead atoms. The van der Waals surface area contributed by atoms with E-state index in [0.717, 1.165) is 18.7 Å². The fourth-order valence-electron chi connectivity index (χ4n) is 2.36. The van der Waals surface area contributed by atoms with Crippen LogP contribution in [0.1, 0.15) is 32.6 Å². The van der Waals surface area contributed by atoms with E-state index in [2.05, 4.69) is 22.5 Å². The number of pyridine rings is 1. The molecule has 4 heteroatoms. The zero-order chi connectivity index (χ0) is 12.1. The van der Waals surface area contributed by atoms with Crippen LogP contribution in [0.3, 0.4) is 0 Å². The maximum atomic E-state index is 12.6. The van der Waals surface area contributed by atoms with Crippen LogP contribution in [0.4, 0.5) is 10.1 Å². The molecule has 17 heavy (non-hydrogen) atoms. The summed E-state index contributed by atoms with van der Waals surface area (Å²) in [6, 6.07) is 4.10. The standard InChI is InChI=1S/C13H20FN3/c1-10(8-11-4-2-3-7-15-11)17-12-5-6-13(14)16-9-12/h5-6,9-11,15,17H,2-4,7-8H2,1H3. The molecule has 1 aliphatic heterocycles. The Morgan fingerprint density at radius 3 is 3.06 bits per heavy atom. The molecule has 0 amide bonds. The third kappa shape index (κ3) is 3.97. The van der Waals surface area contributed by atoms with Crippen LogP contribution in [0.15, 0.2) is 18.3 Å². The van der Waals surface area contributed by atoms with E-state index < -0.39 is 5.95 Å². The lowest BCUT2D eigenvalue weighted by Crippen LogP contribution is -2.37. The van der Waals surface area contributed by atoms with E-state index in [9.17, 15) is 4.39 Å². The lowest BCUT2D eigenvalue weighted by Gasteiger charge is -2.26. The molecule has 3 nitrogen and oxygen atoms in total. The van der Waals surface area contributed by atoms with Gasteiger partial charge in [0.1, 0.15) is 0 Å². The molecule has 2 unspecified atom stereocenters. The Kier molecular flexibility index (Phi) is 4.31. The van der Waals surface area contributed by atoms with Crippen molar-refractivity contribution in [3.8, 4) is 0 Å². The van der Waals surface area contributed by atoms with Gasteiger partial charge in [-0.25, -0.2) is 4.98 Å². The highest BCUT2D eigenvalue weighted by Crippen LogP contribution is 2.15. The smallest absolute Gasteiger partial charge is 0.212 e. The van der Waals surface area contributed by atoms with Crippen LogP contribution >= 0.6 is 0 Å². The third-order valence-corrected chi connectivity index (χ3v) is 3.19. The summed E-state index contributed by atoms with van der Waals surface area (Å²) in [5, 5.41) is 6.88. The normalized spacial score (nSPS) is 22.1. The minimum atomic E-state index is -0.433. The van der Waals surface area contributed by atoms with Crippen molar-refractivity contribution in [2.45, 2.75) is 44.7 Å². The van der Waals surface area contributed by atoms with Gasteiger partial charge in [0.2, 0.25) is 5.95 Å². The summed E-state index contributed by atoms with van der Waals surface area (Å²) in [5.74, 6) is -0.433. The first-order valence-corrected chi connectivity index (χ1v) is 6.35. The van der Waals surface area contributed by atoms with E-state index in [1.54, 1.807) is 12.3 Å². The lowest BCUT2D eigenvalue weighted by atomic mass is 9.99. The molecule has 94 valence electrons. The average molecular weight is 237 g/mol. The second kappa shape index (κ2) is 5.96. The molecule has 2 rings (SSSR count). The van der Waals surface area contributed by atoms with Gasteiger partial charge in [-0.2, -0.15) is 4.39 Å². The van der Waals surface area contributed by atoms with Crippen LogP contribution in [-0.2, 0) is 0 Å². The van der Waals surface area contributed by atoms with E-state index >= 15 is 0 Å². The molecule has 0 aromatic carbocycles. The molecule has 0 saturated carbocycles. The van der Waals surface area contributed by atoms with Crippen molar-refractivity contribution < 1.29 is 4.39 Å². The van der Waals surface area contributed by atoms with Gasteiger partial charge in [0.15, 0.2) is 0 Å². The number of rotatable bonds is 4. The van der Waals surface area contributed by atoms with Gasteiger partial charge >= 0.3 is 0 Å². The van der Waals surface area contributed by atoms with Crippen LogP contribution < -0.4 is 10.6 Å². The molecule has 2 atom stereocenters. The van der Waals surface area contributed by atoms with Crippen molar-refractivity contribution in [3.63, 3.8) is 0 Å². The SMILES string of the molecule is CC(CC1CCCCN1)Nc1ccc(F)nc1. The highest BCUT2D eigenvalue weighted by Gasteiger charge is 2.15. The van der Waals surface area contributed by atoms with Crippen molar-refractivity contribution in [1.82, 2.24) is 10.3 Å². The second-order valence-electron chi connectivity index (χ2n) is 4.80. The van der Waals surface area contributed by atoms with Gasteiger partial charge in [-0.1, -0.05) is 6.42 Å². The molecular formula is C13H20FN3. The van der Waals surface area contributed by atoms with Gasteiger partial charge in [-0.15, -0.1) is 0 Å². The van der Waals surface area contributed by atoms with Crippen molar-refractivity contribution in [2.24, 2.45) is 0 Å². The zero-order valence-corrected chi connectivity index (χ0v) is 10.2. The zero-order valence-electron chi connectivity index (χ0n) is 10.2. The number of anilines is 1. The fourth-order valence-corrected chi connectivity index (χ4v) is 2.36. The van der Waals surface area contributed by atoms with Crippen LogP contribution in [0, 0.1) is 5.95 Å². The Balaban J connectivity index is 1.79. The summed E-state index contributed by atoms with van der Waals surface area (Å²) in [7, 11) is 0. The fraction of sp³-hybridized carbons (Fsp3) is 0.615. The van der Waals surface area contributed by atoms with Crippen LogP contribution in [0.2, 0.25) is 0 Å². The van der Waals surface area contributed by atoms with Gasteiger partial charge in [0.25, 0.3) is 0 Å². The number of nitrogens with zero attached hydrogens (tertiary/aromatic N) is 1. The number of nitrogens with one attached hydrogen (secondary N) is 2. The maximum Gasteiger partial charge on any atom is 0.212 e. The largest absolute Gasteiger partial charge is 0.381 e. The summed E-state index contributed by atoms with van der Waals surface area (Å²) in [6.07, 6.45) is 6.51. The maximum absolute atomic E-state index is 12.6. The van der Waals surface area contributed by atoms with Gasteiger partial charge in [-0.3, -0.25) is 0 Å². The van der Waals surface area contributed by atoms with E-state index in [1.165, 1.54) is 25.3 Å². The minimum absolute atomic E-state index is 0.373. The number of halogens is 1. The van der Waals surface area contributed by atoms with Gasteiger partial charge in [0, 0.05) is 12.1 Å². The summed E-state index contributed by atoms with van der Waals surface area (Å²) in [4.78, 5) is 3.63. The Hall–Kier alpha value is -1.16. The van der Waals surface area contributed by atoms with Gasteiger partial charge < -0.3 is 10.6 Å². The highest BCUT2D eigenvalue weighted by atomic mass is 19.1. The first-order chi connectivity index (χ1) is 8.24. The predicted octanol–water partition coefficient (Wildman–Crippen LogP) is 2.55. The second-order valence-corrected chi connectivity index (χ2v) is 4.80. The molecule has 0 radical (unpaired) electrons. The van der Waals surface area contributed by atoms with Crippen molar-refractivity contribution in [1.29, 1.82) is 0 Å². The van der Waals surface area contributed by atoms with E-state index in [1.807, 2.05) is 0 Å². The summed E-state index contributed by atoms with van der Waals surface area (Å²) < 4.78 is 12.6. The molecule has 1 aromatic rings. The van der Waals surface area contributed by atoms with Crippen LogP contribution in [0.25, 0.3) is 0 Å². The first-order valence-electron chi connectivity index (χ1n) is 6.35. The van der Waals surface area contributed by atoms with Crippen molar-refractivity contribution in [2.75, 3.05) is 11.9 Å². The van der Waals surface area contributed by atoms with E-state index in [4.69, 9.17) is 0 Å². The molecule has 1 fully saturated rings. The molecule has 1 aliphatic rings. The molecule has 1 saturated heterocycles.